The van der Waals surface area contributed by atoms with Crippen LogP contribution in [-0.4, -0.2) is 19.6 Å². The Hall–Kier alpha value is -1.78. The molecule has 0 atom stereocenters. The van der Waals surface area contributed by atoms with Gasteiger partial charge in [-0.3, -0.25) is 9.36 Å². The monoisotopic (exact) mass is 261 g/mol. The summed E-state index contributed by atoms with van der Waals surface area (Å²) in [6.45, 7) is 10.2. The normalized spacial score (nSPS) is 11.3. The topological polar surface area (TPSA) is 47.7 Å². The molecule has 0 unspecified atom stereocenters. The van der Waals surface area contributed by atoms with Gasteiger partial charge in [0, 0.05) is 19.8 Å². The second-order valence-electron chi connectivity index (χ2n) is 5.50. The van der Waals surface area contributed by atoms with Gasteiger partial charge >= 0.3 is 0 Å². The highest BCUT2D eigenvalue weighted by Gasteiger charge is 2.08. The number of nitrogens with zero attached hydrogens (tertiary/aromatic N) is 4. The fourth-order valence-electron chi connectivity index (χ4n) is 2.16. The van der Waals surface area contributed by atoms with Crippen LogP contribution in [0.2, 0.25) is 0 Å². The van der Waals surface area contributed by atoms with Gasteiger partial charge in [0.15, 0.2) is 0 Å². The van der Waals surface area contributed by atoms with Crippen LogP contribution in [0, 0.1) is 19.8 Å². The van der Waals surface area contributed by atoms with Gasteiger partial charge in [-0.25, -0.2) is 0 Å². The van der Waals surface area contributed by atoms with Crippen LogP contribution < -0.4 is 5.32 Å². The van der Waals surface area contributed by atoms with Crippen molar-refractivity contribution in [3.63, 3.8) is 0 Å². The van der Waals surface area contributed by atoms with Crippen molar-refractivity contribution in [3.05, 3.63) is 29.3 Å². The average molecular weight is 261 g/mol. The van der Waals surface area contributed by atoms with Crippen molar-refractivity contribution in [2.24, 2.45) is 13.0 Å². The Morgan fingerprint density at radius 3 is 2.63 bits per heavy atom. The molecule has 0 saturated heterocycles. The van der Waals surface area contributed by atoms with E-state index in [1.165, 1.54) is 11.3 Å². The molecule has 0 fully saturated rings. The number of rotatable bonds is 5. The molecule has 2 aromatic rings. The molecule has 5 nitrogen and oxygen atoms in total. The van der Waals surface area contributed by atoms with Crippen molar-refractivity contribution in [1.82, 2.24) is 19.6 Å². The standard InChI is InChI=1S/C14H23N5/c1-10(2)8-19-9-13(12(4)17-19)15-7-14-11(3)6-16-18(14)5/h6,9-10,15H,7-8H2,1-5H3. The van der Waals surface area contributed by atoms with Gasteiger partial charge < -0.3 is 5.32 Å². The van der Waals surface area contributed by atoms with Gasteiger partial charge in [0.05, 0.1) is 29.8 Å². The first-order chi connectivity index (χ1) is 8.97. The lowest BCUT2D eigenvalue weighted by molar-refractivity contribution is 0.481. The van der Waals surface area contributed by atoms with Crippen LogP contribution in [0.25, 0.3) is 0 Å². The minimum absolute atomic E-state index is 0.603. The molecule has 0 amide bonds. The molecule has 2 heterocycles. The third-order valence-corrected chi connectivity index (χ3v) is 3.22. The Morgan fingerprint density at radius 2 is 2.05 bits per heavy atom. The van der Waals surface area contributed by atoms with E-state index in [0.29, 0.717) is 5.92 Å². The summed E-state index contributed by atoms with van der Waals surface area (Å²) in [5.74, 6) is 0.603. The molecule has 1 N–H and O–H groups in total. The quantitative estimate of drug-likeness (QED) is 0.899. The fraction of sp³-hybridized carbons (Fsp3) is 0.571. The van der Waals surface area contributed by atoms with Gasteiger partial charge in [-0.05, 0) is 25.3 Å². The Bertz CT molecular complexity index is 531. The summed E-state index contributed by atoms with van der Waals surface area (Å²) in [5, 5.41) is 12.2. The summed E-state index contributed by atoms with van der Waals surface area (Å²) in [5.41, 5.74) is 4.56. The number of nitrogens with one attached hydrogen (secondary N) is 1. The van der Waals surface area contributed by atoms with E-state index >= 15 is 0 Å². The summed E-state index contributed by atoms with van der Waals surface area (Å²) in [7, 11) is 1.97. The predicted octanol–water partition coefficient (Wildman–Crippen LogP) is 2.50. The van der Waals surface area contributed by atoms with Crippen molar-refractivity contribution in [2.45, 2.75) is 40.8 Å². The number of hydrogen-bond donors (Lipinski definition) is 1. The van der Waals surface area contributed by atoms with Crippen LogP contribution in [0.5, 0.6) is 0 Å². The average Bonchev–Trinajstić information content (AvgIpc) is 2.80. The summed E-state index contributed by atoms with van der Waals surface area (Å²) in [6.07, 6.45) is 3.98. The fourth-order valence-corrected chi connectivity index (χ4v) is 2.16. The maximum absolute atomic E-state index is 4.53. The van der Waals surface area contributed by atoms with Crippen LogP contribution in [0.4, 0.5) is 5.69 Å². The molecule has 0 aliphatic carbocycles. The predicted molar refractivity (Wildman–Crippen MR) is 77.1 cm³/mol. The first-order valence-corrected chi connectivity index (χ1v) is 6.72. The Labute approximate surface area is 114 Å². The highest BCUT2D eigenvalue weighted by atomic mass is 15.3. The molecule has 0 aromatic carbocycles. The van der Waals surface area contributed by atoms with Gasteiger partial charge in [0.1, 0.15) is 0 Å². The van der Waals surface area contributed by atoms with E-state index in [4.69, 9.17) is 0 Å². The van der Waals surface area contributed by atoms with Crippen LogP contribution in [-0.2, 0) is 20.1 Å². The van der Waals surface area contributed by atoms with Crippen LogP contribution in [0.15, 0.2) is 12.4 Å². The molecule has 0 aliphatic heterocycles. The molecule has 0 radical (unpaired) electrons. The Morgan fingerprint density at radius 1 is 1.32 bits per heavy atom. The van der Waals surface area contributed by atoms with E-state index in [0.717, 1.165) is 24.5 Å². The van der Waals surface area contributed by atoms with Crippen LogP contribution >= 0.6 is 0 Å². The summed E-state index contributed by atoms with van der Waals surface area (Å²) >= 11 is 0. The molecule has 5 heteroatoms. The summed E-state index contributed by atoms with van der Waals surface area (Å²) in [6, 6.07) is 0. The molecule has 0 aliphatic rings. The lowest BCUT2D eigenvalue weighted by Crippen LogP contribution is -2.07. The molecule has 0 spiro atoms. The molecule has 2 rings (SSSR count). The van der Waals surface area contributed by atoms with Gasteiger partial charge in [-0.2, -0.15) is 10.2 Å². The van der Waals surface area contributed by atoms with Gasteiger partial charge in [0.2, 0.25) is 0 Å². The number of aromatic nitrogens is 4. The van der Waals surface area contributed by atoms with Gasteiger partial charge in [-0.15, -0.1) is 0 Å². The maximum atomic E-state index is 4.53. The maximum Gasteiger partial charge on any atom is 0.0825 e. The number of hydrogen-bond acceptors (Lipinski definition) is 3. The minimum atomic E-state index is 0.603. The zero-order valence-corrected chi connectivity index (χ0v) is 12.4. The Kier molecular flexibility index (Phi) is 3.93. The molecule has 2 aromatic heterocycles. The van der Waals surface area contributed by atoms with Crippen molar-refractivity contribution in [2.75, 3.05) is 5.32 Å². The molecule has 19 heavy (non-hydrogen) atoms. The first kappa shape index (κ1) is 13.6. The van der Waals surface area contributed by atoms with E-state index < -0.39 is 0 Å². The number of aryl methyl sites for hydroxylation is 3. The van der Waals surface area contributed by atoms with Gasteiger partial charge in [-0.1, -0.05) is 13.8 Å². The largest absolute Gasteiger partial charge is 0.377 e. The van der Waals surface area contributed by atoms with Gasteiger partial charge in [0.25, 0.3) is 0 Å². The molecular weight excluding hydrogens is 238 g/mol. The van der Waals surface area contributed by atoms with Crippen LogP contribution in [0.3, 0.4) is 0 Å². The zero-order valence-electron chi connectivity index (χ0n) is 12.4. The van der Waals surface area contributed by atoms with Crippen molar-refractivity contribution in [1.29, 1.82) is 0 Å². The van der Waals surface area contributed by atoms with Crippen molar-refractivity contribution < 1.29 is 0 Å². The molecular formula is C14H23N5. The third kappa shape index (κ3) is 3.16. The SMILES string of the molecule is Cc1cnn(C)c1CNc1cn(CC(C)C)nc1C. The minimum Gasteiger partial charge on any atom is -0.377 e. The second kappa shape index (κ2) is 5.47. The summed E-state index contributed by atoms with van der Waals surface area (Å²) < 4.78 is 3.93. The van der Waals surface area contributed by atoms with Crippen molar-refractivity contribution >= 4 is 5.69 Å². The molecule has 0 saturated carbocycles. The van der Waals surface area contributed by atoms with Crippen molar-refractivity contribution in [3.8, 4) is 0 Å². The Balaban J connectivity index is 2.05. The van der Waals surface area contributed by atoms with Crippen LogP contribution in [0.1, 0.15) is 30.8 Å². The van der Waals surface area contributed by atoms with E-state index in [1.807, 2.05) is 29.5 Å². The highest BCUT2D eigenvalue weighted by molar-refractivity contribution is 5.46. The smallest absolute Gasteiger partial charge is 0.0825 e. The molecule has 0 bridgehead atoms. The summed E-state index contributed by atoms with van der Waals surface area (Å²) in [4.78, 5) is 0. The lowest BCUT2D eigenvalue weighted by atomic mass is 10.2. The zero-order chi connectivity index (χ0) is 14.0. The first-order valence-electron chi connectivity index (χ1n) is 6.72. The third-order valence-electron chi connectivity index (χ3n) is 3.22. The highest BCUT2D eigenvalue weighted by Crippen LogP contribution is 2.16. The van der Waals surface area contributed by atoms with E-state index in [2.05, 4.69) is 42.5 Å². The van der Waals surface area contributed by atoms with E-state index in [1.54, 1.807) is 0 Å². The molecule has 104 valence electrons. The number of anilines is 1. The second-order valence-corrected chi connectivity index (χ2v) is 5.50. The van der Waals surface area contributed by atoms with E-state index in [-0.39, 0.29) is 0 Å². The van der Waals surface area contributed by atoms with E-state index in [9.17, 15) is 0 Å². The lowest BCUT2D eigenvalue weighted by Gasteiger charge is -2.06.